The summed E-state index contributed by atoms with van der Waals surface area (Å²) in [7, 11) is 0. The van der Waals surface area contributed by atoms with Crippen LogP contribution < -0.4 is 4.74 Å². The summed E-state index contributed by atoms with van der Waals surface area (Å²) < 4.78 is 21.9. The van der Waals surface area contributed by atoms with Crippen molar-refractivity contribution in [1.29, 1.82) is 0 Å². The van der Waals surface area contributed by atoms with Crippen LogP contribution in [0.15, 0.2) is 71.0 Å². The number of epoxide rings is 2. The zero-order chi connectivity index (χ0) is 21.6. The first kappa shape index (κ1) is 21.9. The maximum absolute atomic E-state index is 5.76. The molecule has 31 heavy (non-hydrogen) atoms. The van der Waals surface area contributed by atoms with E-state index in [0.717, 1.165) is 44.0 Å². The van der Waals surface area contributed by atoms with Crippen LogP contribution in [0.4, 0.5) is 0 Å². The highest BCUT2D eigenvalue weighted by Crippen LogP contribution is 2.36. The number of benzene rings is 1. The van der Waals surface area contributed by atoms with Crippen LogP contribution in [0, 0.1) is 0 Å². The lowest BCUT2D eigenvalue weighted by atomic mass is 9.82. The molecule has 1 aliphatic carbocycles. The van der Waals surface area contributed by atoms with E-state index in [4.69, 9.17) is 18.9 Å². The van der Waals surface area contributed by atoms with Crippen molar-refractivity contribution in [1.82, 2.24) is 0 Å². The predicted molar refractivity (Wildman–Crippen MR) is 123 cm³/mol. The molecule has 1 aromatic carbocycles. The normalized spacial score (nSPS) is 25.5. The molecule has 0 radical (unpaired) electrons. The Kier molecular flexibility index (Phi) is 7.31. The van der Waals surface area contributed by atoms with Crippen LogP contribution in [0.2, 0.25) is 0 Å². The summed E-state index contributed by atoms with van der Waals surface area (Å²) in [6, 6.07) is 8.61. The van der Waals surface area contributed by atoms with Gasteiger partial charge in [0.15, 0.2) is 0 Å². The van der Waals surface area contributed by atoms with Gasteiger partial charge in [-0.2, -0.15) is 0 Å². The molecule has 2 heterocycles. The zero-order valence-electron chi connectivity index (χ0n) is 18.9. The molecule has 1 aromatic rings. The number of ether oxygens (including phenoxy) is 4. The topological polar surface area (TPSA) is 43.5 Å². The van der Waals surface area contributed by atoms with Crippen LogP contribution in [-0.4, -0.2) is 38.6 Å². The minimum Gasteiger partial charge on any atom is -0.495 e. The summed E-state index contributed by atoms with van der Waals surface area (Å²) in [4.78, 5) is 0. The molecular formula is C27H34O4. The molecule has 0 bridgehead atoms. The van der Waals surface area contributed by atoms with Crippen molar-refractivity contribution in [2.45, 2.75) is 58.2 Å². The van der Waals surface area contributed by atoms with E-state index in [0.29, 0.717) is 25.2 Å². The molecule has 4 nitrogen and oxygen atoms in total. The van der Waals surface area contributed by atoms with Crippen molar-refractivity contribution in [3.63, 3.8) is 0 Å². The van der Waals surface area contributed by atoms with Gasteiger partial charge in [0.25, 0.3) is 0 Å². The van der Waals surface area contributed by atoms with Crippen LogP contribution in [0.5, 0.6) is 5.75 Å². The predicted octanol–water partition coefficient (Wildman–Crippen LogP) is 5.87. The summed E-state index contributed by atoms with van der Waals surface area (Å²) >= 11 is 0. The third kappa shape index (κ3) is 7.12. The summed E-state index contributed by atoms with van der Waals surface area (Å²) in [5.41, 5.74) is 5.41. The van der Waals surface area contributed by atoms with E-state index in [1.54, 1.807) is 0 Å². The summed E-state index contributed by atoms with van der Waals surface area (Å²) in [5.74, 6) is 2.43. The average molecular weight is 423 g/mol. The van der Waals surface area contributed by atoms with Crippen LogP contribution in [0.3, 0.4) is 0 Å². The van der Waals surface area contributed by atoms with Gasteiger partial charge in [0.05, 0.1) is 19.0 Å². The molecule has 3 aliphatic rings. The Morgan fingerprint density at radius 1 is 1.00 bits per heavy atom. The second kappa shape index (κ2) is 10.3. The minimum absolute atomic E-state index is 0.287. The molecule has 166 valence electrons. The smallest absolute Gasteiger partial charge is 0.119 e. The van der Waals surface area contributed by atoms with Crippen molar-refractivity contribution < 1.29 is 18.9 Å². The molecule has 3 atom stereocenters. The first-order valence-corrected chi connectivity index (χ1v) is 11.4. The Bertz CT molecular complexity index is 863. The molecule has 0 aromatic heterocycles. The fourth-order valence-corrected chi connectivity index (χ4v) is 3.79. The lowest BCUT2D eigenvalue weighted by Crippen LogP contribution is -2.06. The van der Waals surface area contributed by atoms with Gasteiger partial charge in [-0.1, -0.05) is 35.9 Å². The molecule has 0 N–H and O–H groups in total. The fourth-order valence-electron chi connectivity index (χ4n) is 3.79. The lowest BCUT2D eigenvalue weighted by Gasteiger charge is -2.23. The van der Waals surface area contributed by atoms with Gasteiger partial charge < -0.3 is 18.9 Å². The Morgan fingerprint density at radius 3 is 2.32 bits per heavy atom. The van der Waals surface area contributed by atoms with Crippen molar-refractivity contribution >= 4 is 0 Å². The van der Waals surface area contributed by atoms with Gasteiger partial charge in [0.1, 0.15) is 31.2 Å². The van der Waals surface area contributed by atoms with E-state index in [-0.39, 0.29) is 6.10 Å². The molecule has 2 saturated heterocycles. The van der Waals surface area contributed by atoms with Gasteiger partial charge in [-0.15, -0.1) is 0 Å². The fraction of sp³-hybridized carbons (Fsp3) is 0.481. The van der Waals surface area contributed by atoms with Crippen molar-refractivity contribution in [3.05, 3.63) is 76.6 Å². The summed E-state index contributed by atoms with van der Waals surface area (Å²) in [6.07, 6.45) is 12.9. The first-order chi connectivity index (χ1) is 15.1. The number of hydrogen-bond acceptors (Lipinski definition) is 4. The van der Waals surface area contributed by atoms with Crippen LogP contribution >= 0.6 is 0 Å². The quantitative estimate of drug-likeness (QED) is 0.269. The Balaban J connectivity index is 1.37. The Morgan fingerprint density at radius 2 is 1.71 bits per heavy atom. The number of hydrogen-bond donors (Lipinski definition) is 0. The van der Waals surface area contributed by atoms with Crippen molar-refractivity contribution in [2.24, 2.45) is 0 Å². The van der Waals surface area contributed by atoms with E-state index in [2.05, 4.69) is 62.4 Å². The zero-order valence-corrected chi connectivity index (χ0v) is 18.9. The van der Waals surface area contributed by atoms with Gasteiger partial charge in [0, 0.05) is 0 Å². The second-order valence-corrected chi connectivity index (χ2v) is 8.92. The average Bonchev–Trinajstić information content (AvgIpc) is 3.69. The lowest BCUT2D eigenvalue weighted by molar-refractivity contribution is 0.185. The SMILES string of the molecule is CC(C)=C/C(=C\C=C(/C)OCC1CO1)C1=CCC(c2ccc(OCC3CO3)cc2)CC1. The highest BCUT2D eigenvalue weighted by Gasteiger charge is 2.24. The molecule has 4 rings (SSSR count). The second-order valence-electron chi connectivity index (χ2n) is 8.92. The third-order valence-corrected chi connectivity index (χ3v) is 5.81. The molecule has 2 aliphatic heterocycles. The van der Waals surface area contributed by atoms with E-state index in [1.807, 2.05) is 6.92 Å². The van der Waals surface area contributed by atoms with E-state index < -0.39 is 0 Å². The van der Waals surface area contributed by atoms with Gasteiger partial charge in [-0.3, -0.25) is 0 Å². The molecule has 4 heteroatoms. The van der Waals surface area contributed by atoms with Crippen molar-refractivity contribution in [3.8, 4) is 5.75 Å². The van der Waals surface area contributed by atoms with Crippen molar-refractivity contribution in [2.75, 3.05) is 26.4 Å². The van der Waals surface area contributed by atoms with Gasteiger partial charge in [-0.05, 0) is 80.9 Å². The highest BCUT2D eigenvalue weighted by atomic mass is 16.6. The van der Waals surface area contributed by atoms with Gasteiger partial charge in [0.2, 0.25) is 0 Å². The summed E-state index contributed by atoms with van der Waals surface area (Å²) in [6.45, 7) is 9.27. The maximum Gasteiger partial charge on any atom is 0.119 e. The summed E-state index contributed by atoms with van der Waals surface area (Å²) in [5, 5.41) is 0. The molecule has 0 amide bonds. The molecule has 3 unspecified atom stereocenters. The molecule has 0 saturated carbocycles. The Labute approximate surface area is 186 Å². The van der Waals surface area contributed by atoms with Gasteiger partial charge in [-0.25, -0.2) is 0 Å². The van der Waals surface area contributed by atoms with E-state index in [9.17, 15) is 0 Å². The monoisotopic (exact) mass is 422 g/mol. The third-order valence-electron chi connectivity index (χ3n) is 5.81. The van der Waals surface area contributed by atoms with Crippen LogP contribution in [0.1, 0.15) is 51.5 Å². The van der Waals surface area contributed by atoms with E-state index >= 15 is 0 Å². The highest BCUT2D eigenvalue weighted by molar-refractivity contribution is 5.45. The van der Waals surface area contributed by atoms with Crippen LogP contribution in [0.25, 0.3) is 0 Å². The molecule has 0 spiro atoms. The Hall–Kier alpha value is -2.30. The molecule has 2 fully saturated rings. The first-order valence-electron chi connectivity index (χ1n) is 11.4. The maximum atomic E-state index is 5.76. The minimum atomic E-state index is 0.287. The van der Waals surface area contributed by atoms with Gasteiger partial charge >= 0.3 is 0 Å². The largest absolute Gasteiger partial charge is 0.495 e. The van der Waals surface area contributed by atoms with Crippen LogP contribution in [-0.2, 0) is 14.2 Å². The number of rotatable bonds is 10. The molecular weight excluding hydrogens is 388 g/mol. The standard InChI is InChI=1S/C27H34O4/c1-19(2)14-24(5-4-20(3)28-15-26-17-30-26)23-8-6-21(7-9-23)22-10-12-25(13-11-22)29-16-27-18-31-27/h4-5,8,10-14,21,26-27H,6-7,9,15-18H2,1-3H3/b20-4+,24-5+. The number of allylic oxidation sites excluding steroid dienone is 8. The van der Waals surface area contributed by atoms with E-state index in [1.165, 1.54) is 22.3 Å².